The minimum atomic E-state index is -0.828. The summed E-state index contributed by atoms with van der Waals surface area (Å²) in [6.07, 6.45) is 4.34. The molecule has 0 spiro atoms. The Morgan fingerprint density at radius 3 is 2.63 bits per heavy atom. The molecule has 1 fully saturated rings. The van der Waals surface area contributed by atoms with Gasteiger partial charge in [-0.1, -0.05) is 32.6 Å². The third-order valence-electron chi connectivity index (χ3n) is 3.37. The van der Waals surface area contributed by atoms with Crippen molar-refractivity contribution in [3.05, 3.63) is 0 Å². The second-order valence-electron chi connectivity index (χ2n) is 5.17. The number of rotatable bonds is 8. The van der Waals surface area contributed by atoms with Gasteiger partial charge in [-0.15, -0.1) is 0 Å². The zero-order valence-electron chi connectivity index (χ0n) is 11.7. The average Bonchev–Trinajstić information content (AvgIpc) is 2.40. The summed E-state index contributed by atoms with van der Waals surface area (Å²) in [5.74, 6) is -0.208. The minimum absolute atomic E-state index is 0.0976. The summed E-state index contributed by atoms with van der Waals surface area (Å²) < 4.78 is 10.4. The number of unbranched alkanes of at least 4 members (excludes halogenated alkanes) is 4. The maximum absolute atomic E-state index is 11.5. The van der Waals surface area contributed by atoms with E-state index in [1.54, 1.807) is 0 Å². The van der Waals surface area contributed by atoms with Gasteiger partial charge in [0, 0.05) is 12.8 Å². The first kappa shape index (κ1) is 16.4. The summed E-state index contributed by atoms with van der Waals surface area (Å²) in [4.78, 5) is 11.5. The Labute approximate surface area is 114 Å². The molecule has 1 aliphatic rings. The molecule has 0 aromatic carbocycles. The smallest absolute Gasteiger partial charge is 0.305 e. The van der Waals surface area contributed by atoms with Crippen molar-refractivity contribution < 1.29 is 24.5 Å². The van der Waals surface area contributed by atoms with Gasteiger partial charge in [-0.3, -0.25) is 4.79 Å². The molecule has 0 aromatic heterocycles. The molecule has 5 nitrogen and oxygen atoms in total. The van der Waals surface area contributed by atoms with Crippen LogP contribution in [0.4, 0.5) is 0 Å². The van der Waals surface area contributed by atoms with Crippen LogP contribution in [0.2, 0.25) is 0 Å². The van der Waals surface area contributed by atoms with E-state index in [-0.39, 0.29) is 25.3 Å². The SMILES string of the molecule is CCCCCCCC(=O)OC[C@@H]1C[C@H](O)[C@H](O)CO1. The van der Waals surface area contributed by atoms with E-state index < -0.39 is 12.2 Å². The van der Waals surface area contributed by atoms with Crippen molar-refractivity contribution in [1.82, 2.24) is 0 Å². The van der Waals surface area contributed by atoms with Crippen LogP contribution >= 0.6 is 0 Å². The predicted octanol–water partition coefficient (Wildman–Crippen LogP) is 1.40. The topological polar surface area (TPSA) is 76.0 Å². The number of esters is 1. The van der Waals surface area contributed by atoms with Crippen molar-refractivity contribution in [3.63, 3.8) is 0 Å². The molecule has 1 heterocycles. The highest BCUT2D eigenvalue weighted by molar-refractivity contribution is 5.69. The van der Waals surface area contributed by atoms with Crippen molar-refractivity contribution in [2.45, 2.75) is 70.2 Å². The number of ether oxygens (including phenoxy) is 2. The molecule has 3 atom stereocenters. The van der Waals surface area contributed by atoms with Crippen molar-refractivity contribution in [2.75, 3.05) is 13.2 Å². The van der Waals surface area contributed by atoms with Gasteiger partial charge in [-0.05, 0) is 6.42 Å². The highest BCUT2D eigenvalue weighted by Crippen LogP contribution is 2.15. The normalized spacial score (nSPS) is 27.2. The molecule has 112 valence electrons. The molecule has 1 rings (SSSR count). The van der Waals surface area contributed by atoms with Crippen molar-refractivity contribution in [1.29, 1.82) is 0 Å². The minimum Gasteiger partial charge on any atom is -0.463 e. The molecule has 1 saturated heterocycles. The third-order valence-corrected chi connectivity index (χ3v) is 3.37. The Morgan fingerprint density at radius 1 is 1.21 bits per heavy atom. The Bertz CT molecular complexity index is 256. The maximum Gasteiger partial charge on any atom is 0.305 e. The lowest BCUT2D eigenvalue weighted by Crippen LogP contribution is -2.43. The van der Waals surface area contributed by atoms with Gasteiger partial charge in [0.25, 0.3) is 0 Å². The number of hydrogen-bond donors (Lipinski definition) is 2. The maximum atomic E-state index is 11.5. The van der Waals surface area contributed by atoms with Gasteiger partial charge < -0.3 is 19.7 Å². The Balaban J connectivity index is 2.03. The molecular weight excluding hydrogens is 248 g/mol. The standard InChI is InChI=1S/C14H26O5/c1-2-3-4-5-6-7-14(17)19-9-11-8-12(15)13(16)10-18-11/h11-13,15-16H,2-10H2,1H3/t11-,12-,13+/m0/s1. The highest BCUT2D eigenvalue weighted by atomic mass is 16.6. The van der Waals surface area contributed by atoms with Crippen LogP contribution < -0.4 is 0 Å². The molecule has 0 unspecified atom stereocenters. The molecule has 0 bridgehead atoms. The van der Waals surface area contributed by atoms with Gasteiger partial charge in [0.15, 0.2) is 0 Å². The Hall–Kier alpha value is -0.650. The van der Waals surface area contributed by atoms with E-state index in [1.807, 2.05) is 0 Å². The van der Waals surface area contributed by atoms with Crippen LogP contribution in [0.15, 0.2) is 0 Å². The van der Waals surface area contributed by atoms with E-state index in [9.17, 15) is 15.0 Å². The number of aliphatic hydroxyl groups excluding tert-OH is 2. The number of aliphatic hydroxyl groups is 2. The van der Waals surface area contributed by atoms with Gasteiger partial charge in [-0.25, -0.2) is 0 Å². The second-order valence-corrected chi connectivity index (χ2v) is 5.17. The molecule has 2 N–H and O–H groups in total. The number of hydrogen-bond acceptors (Lipinski definition) is 5. The van der Waals surface area contributed by atoms with Crippen LogP contribution in [-0.2, 0) is 14.3 Å². The first-order chi connectivity index (χ1) is 9.13. The van der Waals surface area contributed by atoms with E-state index in [1.165, 1.54) is 19.3 Å². The van der Waals surface area contributed by atoms with Gasteiger partial charge in [0.2, 0.25) is 0 Å². The highest BCUT2D eigenvalue weighted by Gasteiger charge is 2.28. The average molecular weight is 274 g/mol. The largest absolute Gasteiger partial charge is 0.463 e. The first-order valence-electron chi connectivity index (χ1n) is 7.26. The lowest BCUT2D eigenvalue weighted by atomic mass is 10.0. The van der Waals surface area contributed by atoms with Crippen LogP contribution in [0.25, 0.3) is 0 Å². The fourth-order valence-electron chi connectivity index (χ4n) is 2.09. The van der Waals surface area contributed by atoms with Crippen molar-refractivity contribution in [3.8, 4) is 0 Å². The molecule has 5 heteroatoms. The Kier molecular flexibility index (Phi) is 8.02. The van der Waals surface area contributed by atoms with Gasteiger partial charge in [-0.2, -0.15) is 0 Å². The zero-order chi connectivity index (χ0) is 14.1. The van der Waals surface area contributed by atoms with Gasteiger partial charge in [0.1, 0.15) is 12.7 Å². The van der Waals surface area contributed by atoms with Gasteiger partial charge in [0.05, 0.1) is 18.8 Å². The molecule has 0 aliphatic carbocycles. The van der Waals surface area contributed by atoms with E-state index >= 15 is 0 Å². The van der Waals surface area contributed by atoms with Gasteiger partial charge >= 0.3 is 5.97 Å². The lowest BCUT2D eigenvalue weighted by molar-refractivity contribution is -0.160. The monoisotopic (exact) mass is 274 g/mol. The molecule has 1 aliphatic heterocycles. The zero-order valence-corrected chi connectivity index (χ0v) is 11.7. The van der Waals surface area contributed by atoms with Crippen molar-refractivity contribution in [2.24, 2.45) is 0 Å². The van der Waals surface area contributed by atoms with Crippen LogP contribution in [-0.4, -0.2) is 47.7 Å². The lowest BCUT2D eigenvalue weighted by Gasteiger charge is -2.29. The predicted molar refractivity (Wildman–Crippen MR) is 70.7 cm³/mol. The van der Waals surface area contributed by atoms with E-state index in [0.717, 1.165) is 12.8 Å². The summed E-state index contributed by atoms with van der Waals surface area (Å²) in [7, 11) is 0. The molecular formula is C14H26O5. The van der Waals surface area contributed by atoms with Crippen LogP contribution in [0, 0.1) is 0 Å². The van der Waals surface area contributed by atoms with E-state index in [4.69, 9.17) is 9.47 Å². The summed E-state index contributed by atoms with van der Waals surface area (Å²) in [6.45, 7) is 2.42. The number of carbonyl (C=O) groups is 1. The van der Waals surface area contributed by atoms with Crippen LogP contribution in [0.5, 0.6) is 0 Å². The quantitative estimate of drug-likeness (QED) is 0.517. The summed E-state index contributed by atoms with van der Waals surface area (Å²) >= 11 is 0. The second kappa shape index (κ2) is 9.28. The fourth-order valence-corrected chi connectivity index (χ4v) is 2.09. The van der Waals surface area contributed by atoms with Crippen LogP contribution in [0.1, 0.15) is 51.9 Å². The first-order valence-corrected chi connectivity index (χ1v) is 7.26. The molecule has 0 saturated carbocycles. The van der Waals surface area contributed by atoms with E-state index in [0.29, 0.717) is 12.8 Å². The summed E-state index contributed by atoms with van der Waals surface area (Å²) in [5, 5.41) is 18.7. The van der Waals surface area contributed by atoms with Crippen molar-refractivity contribution >= 4 is 5.97 Å². The molecule has 19 heavy (non-hydrogen) atoms. The number of carbonyl (C=O) groups excluding carboxylic acids is 1. The molecule has 0 radical (unpaired) electrons. The summed E-state index contributed by atoms with van der Waals surface area (Å²) in [5.41, 5.74) is 0. The third kappa shape index (κ3) is 6.89. The molecule has 0 amide bonds. The van der Waals surface area contributed by atoms with Crippen LogP contribution in [0.3, 0.4) is 0 Å². The fraction of sp³-hybridized carbons (Fsp3) is 0.929. The van der Waals surface area contributed by atoms with E-state index in [2.05, 4.69) is 6.92 Å². The molecule has 0 aromatic rings. The Morgan fingerprint density at radius 2 is 1.95 bits per heavy atom. The summed E-state index contributed by atoms with van der Waals surface area (Å²) in [6, 6.07) is 0.